The van der Waals surface area contributed by atoms with E-state index in [1.54, 1.807) is 0 Å². The van der Waals surface area contributed by atoms with Gasteiger partial charge in [0.25, 0.3) is 0 Å². The van der Waals surface area contributed by atoms with Crippen molar-refractivity contribution in [3.63, 3.8) is 0 Å². The van der Waals surface area contributed by atoms with E-state index >= 15 is 0 Å². The lowest BCUT2D eigenvalue weighted by atomic mass is 10.1. The number of nitrogens with two attached hydrogens (primary N) is 1. The summed E-state index contributed by atoms with van der Waals surface area (Å²) in [4.78, 5) is 4.45. The molecule has 0 aliphatic carbocycles. The number of aryl methyl sites for hydroxylation is 1. The third kappa shape index (κ3) is 2.15. The van der Waals surface area contributed by atoms with E-state index in [1.165, 1.54) is 0 Å². The number of nitrogens with zero attached hydrogens (tertiary/aromatic N) is 2. The molecular weight excluding hydrogens is 174 g/mol. The number of hydrogen-bond donors (Lipinski definition) is 1. The van der Waals surface area contributed by atoms with Crippen molar-refractivity contribution < 1.29 is 0 Å². The quantitative estimate of drug-likeness (QED) is 0.805. The molecule has 3 heteroatoms. The summed E-state index contributed by atoms with van der Waals surface area (Å²) < 4.78 is 2.21. The van der Waals surface area contributed by atoms with Gasteiger partial charge in [0.15, 0.2) is 0 Å². The van der Waals surface area contributed by atoms with Gasteiger partial charge in [0, 0.05) is 18.3 Å². The maximum atomic E-state index is 5.80. The molecule has 0 aliphatic rings. The highest BCUT2D eigenvalue weighted by molar-refractivity contribution is 5.07. The first-order valence-corrected chi connectivity index (χ1v) is 5.24. The van der Waals surface area contributed by atoms with Crippen LogP contribution in [-0.2, 0) is 0 Å². The average molecular weight is 195 g/mol. The Hall–Kier alpha value is -0.830. The summed E-state index contributed by atoms with van der Waals surface area (Å²) in [6.45, 7) is 10.6. The first-order chi connectivity index (χ1) is 6.43. The molecule has 0 bridgehead atoms. The molecule has 0 aromatic carbocycles. The Bertz CT molecular complexity index is 299. The zero-order valence-electron chi connectivity index (χ0n) is 9.78. The van der Waals surface area contributed by atoms with Gasteiger partial charge in [-0.25, -0.2) is 4.98 Å². The normalized spacial score (nSPS) is 15.9. The second kappa shape index (κ2) is 4.13. The Kier molecular flexibility index (Phi) is 3.32. The molecule has 0 radical (unpaired) electrons. The van der Waals surface area contributed by atoms with E-state index < -0.39 is 0 Å². The number of hydrogen-bond acceptors (Lipinski definition) is 2. The summed E-state index contributed by atoms with van der Waals surface area (Å²) in [5, 5.41) is 0. The van der Waals surface area contributed by atoms with E-state index in [0.29, 0.717) is 12.0 Å². The Morgan fingerprint density at radius 2 is 1.86 bits per heavy atom. The van der Waals surface area contributed by atoms with Gasteiger partial charge in [0.1, 0.15) is 5.82 Å². The van der Waals surface area contributed by atoms with Gasteiger partial charge in [-0.2, -0.15) is 0 Å². The van der Waals surface area contributed by atoms with Gasteiger partial charge in [-0.05, 0) is 26.7 Å². The molecule has 0 fully saturated rings. The molecule has 2 N–H and O–H groups in total. The Morgan fingerprint density at radius 3 is 2.21 bits per heavy atom. The fraction of sp³-hybridized carbons (Fsp3) is 0.727. The number of imidazole rings is 1. The number of rotatable bonds is 3. The highest BCUT2D eigenvalue weighted by atomic mass is 15.1. The molecule has 3 nitrogen and oxygen atoms in total. The molecule has 1 heterocycles. The smallest absolute Gasteiger partial charge is 0.106 e. The van der Waals surface area contributed by atoms with E-state index in [2.05, 4.69) is 36.5 Å². The predicted octanol–water partition coefficient (Wildman–Crippen LogP) is 2.43. The molecular formula is C11H21N3. The van der Waals surface area contributed by atoms with Crippen LogP contribution in [0.5, 0.6) is 0 Å². The lowest BCUT2D eigenvalue weighted by molar-refractivity contribution is 0.401. The maximum absolute atomic E-state index is 5.80. The van der Waals surface area contributed by atoms with E-state index in [-0.39, 0.29) is 6.04 Å². The van der Waals surface area contributed by atoms with Gasteiger partial charge in [-0.15, -0.1) is 0 Å². The fourth-order valence-corrected chi connectivity index (χ4v) is 1.46. The van der Waals surface area contributed by atoms with Crippen molar-refractivity contribution in [3.05, 3.63) is 17.7 Å². The van der Waals surface area contributed by atoms with Crippen molar-refractivity contribution in [3.8, 4) is 0 Å². The van der Waals surface area contributed by atoms with E-state index in [9.17, 15) is 0 Å². The van der Waals surface area contributed by atoms with Crippen LogP contribution in [0.4, 0.5) is 0 Å². The second-order valence-electron chi connectivity index (χ2n) is 4.39. The summed E-state index contributed by atoms with van der Waals surface area (Å²) in [7, 11) is 0. The van der Waals surface area contributed by atoms with Crippen LogP contribution >= 0.6 is 0 Å². The first kappa shape index (κ1) is 11.2. The van der Waals surface area contributed by atoms with Gasteiger partial charge in [-0.3, -0.25) is 0 Å². The minimum Gasteiger partial charge on any atom is -0.332 e. The summed E-state index contributed by atoms with van der Waals surface area (Å²) in [6, 6.07) is 0.504. The SMILES string of the molecule is Cc1nc([C@H](C)N)cn1C(C)C(C)C. The summed E-state index contributed by atoms with van der Waals surface area (Å²) in [6.07, 6.45) is 2.07. The van der Waals surface area contributed by atoms with Crippen LogP contribution in [0.15, 0.2) is 6.20 Å². The van der Waals surface area contributed by atoms with Crippen molar-refractivity contribution >= 4 is 0 Å². The zero-order chi connectivity index (χ0) is 10.9. The molecule has 1 unspecified atom stereocenters. The molecule has 80 valence electrons. The fourth-order valence-electron chi connectivity index (χ4n) is 1.46. The Morgan fingerprint density at radius 1 is 1.29 bits per heavy atom. The Balaban J connectivity index is 2.98. The van der Waals surface area contributed by atoms with Gasteiger partial charge >= 0.3 is 0 Å². The minimum absolute atomic E-state index is 0.0225. The minimum atomic E-state index is 0.0225. The predicted molar refractivity (Wildman–Crippen MR) is 59.1 cm³/mol. The molecule has 0 aliphatic heterocycles. The van der Waals surface area contributed by atoms with Crippen LogP contribution in [0.2, 0.25) is 0 Å². The topological polar surface area (TPSA) is 43.8 Å². The van der Waals surface area contributed by atoms with Crippen molar-refractivity contribution in [2.24, 2.45) is 11.7 Å². The Labute approximate surface area is 86.3 Å². The van der Waals surface area contributed by atoms with E-state index in [0.717, 1.165) is 11.5 Å². The standard InChI is InChI=1S/C11H21N3/c1-7(2)9(4)14-6-11(8(3)12)13-10(14)5/h6-9H,12H2,1-5H3/t8-,9?/m0/s1. The summed E-state index contributed by atoms with van der Waals surface area (Å²) >= 11 is 0. The van der Waals surface area contributed by atoms with Gasteiger partial charge < -0.3 is 10.3 Å². The number of aromatic nitrogens is 2. The maximum Gasteiger partial charge on any atom is 0.106 e. The monoisotopic (exact) mass is 195 g/mol. The van der Waals surface area contributed by atoms with Crippen molar-refractivity contribution in [1.29, 1.82) is 0 Å². The third-order valence-corrected chi connectivity index (χ3v) is 2.81. The van der Waals surface area contributed by atoms with Crippen LogP contribution in [0.1, 0.15) is 51.3 Å². The van der Waals surface area contributed by atoms with E-state index in [4.69, 9.17) is 5.73 Å². The van der Waals surface area contributed by atoms with Crippen molar-refractivity contribution in [1.82, 2.24) is 9.55 Å². The van der Waals surface area contributed by atoms with Crippen molar-refractivity contribution in [2.75, 3.05) is 0 Å². The first-order valence-electron chi connectivity index (χ1n) is 5.24. The zero-order valence-corrected chi connectivity index (χ0v) is 9.78. The molecule has 14 heavy (non-hydrogen) atoms. The van der Waals surface area contributed by atoms with Crippen LogP contribution < -0.4 is 5.73 Å². The van der Waals surface area contributed by atoms with Crippen LogP contribution in [0.25, 0.3) is 0 Å². The summed E-state index contributed by atoms with van der Waals surface area (Å²) in [5.74, 6) is 1.67. The van der Waals surface area contributed by atoms with Gasteiger partial charge in [0.2, 0.25) is 0 Å². The largest absolute Gasteiger partial charge is 0.332 e. The van der Waals surface area contributed by atoms with E-state index in [1.807, 2.05) is 13.8 Å². The molecule has 1 aromatic heterocycles. The lowest BCUT2D eigenvalue weighted by Gasteiger charge is -2.18. The molecule has 0 saturated carbocycles. The highest BCUT2D eigenvalue weighted by Gasteiger charge is 2.14. The third-order valence-electron chi connectivity index (χ3n) is 2.81. The molecule has 0 amide bonds. The molecule has 1 rings (SSSR count). The molecule has 0 saturated heterocycles. The van der Waals surface area contributed by atoms with Crippen LogP contribution in [-0.4, -0.2) is 9.55 Å². The summed E-state index contributed by atoms with van der Waals surface area (Å²) in [5.41, 5.74) is 6.78. The highest BCUT2D eigenvalue weighted by Crippen LogP contribution is 2.20. The van der Waals surface area contributed by atoms with Crippen molar-refractivity contribution in [2.45, 2.75) is 46.7 Å². The molecule has 2 atom stereocenters. The van der Waals surface area contributed by atoms with Crippen LogP contribution in [0, 0.1) is 12.8 Å². The molecule has 0 spiro atoms. The van der Waals surface area contributed by atoms with Gasteiger partial charge in [-0.1, -0.05) is 13.8 Å². The lowest BCUT2D eigenvalue weighted by Crippen LogP contribution is -2.12. The molecule has 1 aromatic rings. The average Bonchev–Trinajstić information content (AvgIpc) is 2.46. The van der Waals surface area contributed by atoms with Crippen LogP contribution in [0.3, 0.4) is 0 Å². The van der Waals surface area contributed by atoms with Gasteiger partial charge in [0.05, 0.1) is 5.69 Å². The second-order valence-corrected chi connectivity index (χ2v) is 4.39.